The molecule has 0 spiro atoms. The van der Waals surface area contributed by atoms with Crippen LogP contribution in [0.1, 0.15) is 15.9 Å². The van der Waals surface area contributed by atoms with E-state index in [0.717, 1.165) is 0 Å². The molecule has 5 heteroatoms. The van der Waals surface area contributed by atoms with Crippen LogP contribution < -0.4 is 5.43 Å². The number of nitrogens with zero attached hydrogens (tertiary/aromatic N) is 1. The van der Waals surface area contributed by atoms with Crippen LogP contribution in [0.4, 0.5) is 10.1 Å². The molecule has 0 aliphatic rings. The number of hydrazone groups is 1. The van der Waals surface area contributed by atoms with Gasteiger partial charge in [0.25, 0.3) is 0 Å². The highest BCUT2D eigenvalue weighted by Gasteiger charge is 2.07. The Kier molecular flexibility index (Phi) is 3.87. The molecule has 0 amide bonds. The summed E-state index contributed by atoms with van der Waals surface area (Å²) in [4.78, 5) is 11.0. The molecular formula is C14H11FN2O2. The monoisotopic (exact) mass is 258 g/mol. The smallest absolute Gasteiger partial charge is 0.337 e. The van der Waals surface area contributed by atoms with Crippen molar-refractivity contribution >= 4 is 17.9 Å². The van der Waals surface area contributed by atoms with Gasteiger partial charge in [0.1, 0.15) is 5.82 Å². The first kappa shape index (κ1) is 12.8. The summed E-state index contributed by atoms with van der Waals surface area (Å²) < 4.78 is 13.3. The number of hydrogen-bond acceptors (Lipinski definition) is 3. The Labute approximate surface area is 109 Å². The molecule has 2 N–H and O–H groups in total. The van der Waals surface area contributed by atoms with Crippen LogP contribution in [-0.2, 0) is 0 Å². The minimum absolute atomic E-state index is 0.105. The molecule has 0 atom stereocenters. The highest BCUT2D eigenvalue weighted by molar-refractivity contribution is 5.94. The Morgan fingerprint density at radius 3 is 2.58 bits per heavy atom. The van der Waals surface area contributed by atoms with Gasteiger partial charge in [-0.05, 0) is 18.2 Å². The Balaban J connectivity index is 2.15. The number of benzene rings is 2. The zero-order valence-corrected chi connectivity index (χ0v) is 9.88. The summed E-state index contributed by atoms with van der Waals surface area (Å²) >= 11 is 0. The van der Waals surface area contributed by atoms with Gasteiger partial charge < -0.3 is 5.11 Å². The molecule has 19 heavy (non-hydrogen) atoms. The SMILES string of the molecule is O=C(O)c1ccccc1N/N=C/c1ccccc1F. The summed E-state index contributed by atoms with van der Waals surface area (Å²) in [6.07, 6.45) is 1.30. The first-order chi connectivity index (χ1) is 9.18. The van der Waals surface area contributed by atoms with Crippen molar-refractivity contribution < 1.29 is 14.3 Å². The van der Waals surface area contributed by atoms with E-state index < -0.39 is 5.97 Å². The second-order valence-electron chi connectivity index (χ2n) is 3.74. The highest BCUT2D eigenvalue weighted by atomic mass is 19.1. The normalized spacial score (nSPS) is 10.6. The topological polar surface area (TPSA) is 61.7 Å². The second-order valence-corrected chi connectivity index (χ2v) is 3.74. The van der Waals surface area contributed by atoms with E-state index in [2.05, 4.69) is 10.5 Å². The minimum atomic E-state index is -1.05. The van der Waals surface area contributed by atoms with Crippen LogP contribution in [0.5, 0.6) is 0 Å². The molecule has 2 aromatic carbocycles. The quantitative estimate of drug-likeness (QED) is 0.654. The number of rotatable bonds is 4. The van der Waals surface area contributed by atoms with E-state index in [1.54, 1.807) is 36.4 Å². The Bertz CT molecular complexity index is 626. The predicted molar refractivity (Wildman–Crippen MR) is 71.0 cm³/mol. The van der Waals surface area contributed by atoms with Gasteiger partial charge in [0.05, 0.1) is 17.5 Å². The van der Waals surface area contributed by atoms with Crippen LogP contribution in [0, 0.1) is 5.82 Å². The highest BCUT2D eigenvalue weighted by Crippen LogP contribution is 2.14. The molecule has 0 radical (unpaired) electrons. The maximum absolute atomic E-state index is 13.3. The van der Waals surface area contributed by atoms with Crippen LogP contribution in [0.25, 0.3) is 0 Å². The number of nitrogens with one attached hydrogen (secondary N) is 1. The lowest BCUT2D eigenvalue weighted by Crippen LogP contribution is -2.02. The number of para-hydroxylation sites is 1. The number of carboxylic acids is 1. The van der Waals surface area contributed by atoms with Crippen molar-refractivity contribution in [3.05, 3.63) is 65.5 Å². The van der Waals surface area contributed by atoms with Crippen LogP contribution in [0.15, 0.2) is 53.6 Å². The molecule has 2 rings (SSSR count). The van der Waals surface area contributed by atoms with E-state index in [-0.39, 0.29) is 11.4 Å². The maximum atomic E-state index is 13.3. The average Bonchev–Trinajstić information content (AvgIpc) is 2.41. The fourth-order valence-electron chi connectivity index (χ4n) is 1.52. The standard InChI is InChI=1S/C14H11FN2O2/c15-12-7-3-1-5-10(12)9-16-17-13-8-4-2-6-11(13)14(18)19/h1-9,17H,(H,18,19)/b16-9+. The number of carbonyl (C=O) groups is 1. The molecule has 0 aliphatic heterocycles. The van der Waals surface area contributed by atoms with Gasteiger partial charge in [0.2, 0.25) is 0 Å². The summed E-state index contributed by atoms with van der Waals surface area (Å²) in [6.45, 7) is 0. The van der Waals surface area contributed by atoms with Crippen molar-refractivity contribution in [2.75, 3.05) is 5.43 Å². The predicted octanol–water partition coefficient (Wildman–Crippen LogP) is 2.97. The van der Waals surface area contributed by atoms with Gasteiger partial charge in [-0.25, -0.2) is 9.18 Å². The van der Waals surface area contributed by atoms with E-state index in [0.29, 0.717) is 11.3 Å². The van der Waals surface area contributed by atoms with Crippen LogP contribution in [-0.4, -0.2) is 17.3 Å². The van der Waals surface area contributed by atoms with Crippen molar-refractivity contribution in [3.8, 4) is 0 Å². The van der Waals surface area contributed by atoms with E-state index in [9.17, 15) is 9.18 Å². The molecule has 0 aromatic heterocycles. The van der Waals surface area contributed by atoms with E-state index in [4.69, 9.17) is 5.11 Å². The molecule has 2 aromatic rings. The minimum Gasteiger partial charge on any atom is -0.478 e. The average molecular weight is 258 g/mol. The van der Waals surface area contributed by atoms with Gasteiger partial charge >= 0.3 is 5.97 Å². The van der Waals surface area contributed by atoms with Crippen LogP contribution >= 0.6 is 0 Å². The molecule has 0 saturated heterocycles. The summed E-state index contributed by atoms with van der Waals surface area (Å²) in [5, 5.41) is 12.8. The lowest BCUT2D eigenvalue weighted by Gasteiger charge is -2.04. The molecule has 0 heterocycles. The second kappa shape index (κ2) is 5.77. The maximum Gasteiger partial charge on any atom is 0.337 e. The zero-order valence-electron chi connectivity index (χ0n) is 9.88. The third kappa shape index (κ3) is 3.16. The van der Waals surface area contributed by atoms with Gasteiger partial charge in [-0.1, -0.05) is 30.3 Å². The molecule has 0 bridgehead atoms. The number of aromatic carboxylic acids is 1. The van der Waals surface area contributed by atoms with Crippen molar-refractivity contribution in [2.24, 2.45) is 5.10 Å². The largest absolute Gasteiger partial charge is 0.478 e. The van der Waals surface area contributed by atoms with Crippen molar-refractivity contribution in [1.82, 2.24) is 0 Å². The molecule has 0 fully saturated rings. The Hall–Kier alpha value is -2.69. The molecule has 0 saturated carbocycles. The van der Waals surface area contributed by atoms with Gasteiger partial charge in [0.15, 0.2) is 0 Å². The molecule has 96 valence electrons. The molecule has 4 nitrogen and oxygen atoms in total. The first-order valence-electron chi connectivity index (χ1n) is 5.54. The van der Waals surface area contributed by atoms with Crippen LogP contribution in [0.2, 0.25) is 0 Å². The number of carboxylic acid groups (broad SMARTS) is 1. The van der Waals surface area contributed by atoms with Crippen molar-refractivity contribution in [2.45, 2.75) is 0 Å². The van der Waals surface area contributed by atoms with Crippen molar-refractivity contribution in [1.29, 1.82) is 0 Å². The third-order valence-electron chi connectivity index (χ3n) is 2.45. The summed E-state index contributed by atoms with van der Waals surface area (Å²) in [7, 11) is 0. The molecule has 0 unspecified atom stereocenters. The van der Waals surface area contributed by atoms with Gasteiger partial charge in [0, 0.05) is 5.56 Å². The number of hydrogen-bond donors (Lipinski definition) is 2. The number of halogens is 1. The number of anilines is 1. The van der Waals surface area contributed by atoms with E-state index >= 15 is 0 Å². The van der Waals surface area contributed by atoms with Gasteiger partial charge in [-0.2, -0.15) is 5.10 Å². The van der Waals surface area contributed by atoms with E-state index in [1.807, 2.05) is 0 Å². The van der Waals surface area contributed by atoms with Gasteiger partial charge in [-0.3, -0.25) is 5.43 Å². The summed E-state index contributed by atoms with van der Waals surface area (Å²) in [5.41, 5.74) is 3.37. The third-order valence-corrected chi connectivity index (χ3v) is 2.45. The Morgan fingerprint density at radius 2 is 1.84 bits per heavy atom. The van der Waals surface area contributed by atoms with Crippen LogP contribution in [0.3, 0.4) is 0 Å². The summed E-state index contributed by atoms with van der Waals surface area (Å²) in [5.74, 6) is -1.44. The fourth-order valence-corrected chi connectivity index (χ4v) is 1.52. The molecule has 0 aliphatic carbocycles. The zero-order chi connectivity index (χ0) is 13.7. The molecular weight excluding hydrogens is 247 g/mol. The van der Waals surface area contributed by atoms with E-state index in [1.165, 1.54) is 18.3 Å². The first-order valence-corrected chi connectivity index (χ1v) is 5.54. The lowest BCUT2D eigenvalue weighted by atomic mass is 10.2. The summed E-state index contributed by atoms with van der Waals surface area (Å²) in [6, 6.07) is 12.5. The Morgan fingerprint density at radius 1 is 1.16 bits per heavy atom. The fraction of sp³-hybridized carbons (Fsp3) is 0. The lowest BCUT2D eigenvalue weighted by molar-refractivity contribution is 0.0698. The van der Waals surface area contributed by atoms with Gasteiger partial charge in [-0.15, -0.1) is 0 Å². The van der Waals surface area contributed by atoms with Crippen molar-refractivity contribution in [3.63, 3.8) is 0 Å².